The summed E-state index contributed by atoms with van der Waals surface area (Å²) < 4.78 is 21.3. The number of fused-ring (bicyclic) bond motifs is 2. The van der Waals surface area contributed by atoms with Gasteiger partial charge in [-0.1, -0.05) is 0 Å². The third-order valence-corrected chi connectivity index (χ3v) is 5.91. The van der Waals surface area contributed by atoms with E-state index in [1.165, 1.54) is 0 Å². The molecule has 3 aliphatic heterocycles. The highest BCUT2D eigenvalue weighted by Crippen LogP contribution is 2.35. The summed E-state index contributed by atoms with van der Waals surface area (Å²) in [6, 6.07) is 10.8. The Labute approximate surface area is 185 Å². The average Bonchev–Trinajstić information content (AvgIpc) is 3.46. The molecule has 3 heterocycles. The van der Waals surface area contributed by atoms with Crippen LogP contribution in [0.3, 0.4) is 0 Å². The predicted molar refractivity (Wildman–Crippen MR) is 116 cm³/mol. The minimum Gasteiger partial charge on any atom is -0.454 e. The van der Waals surface area contributed by atoms with Gasteiger partial charge in [0.25, 0.3) is 0 Å². The zero-order chi connectivity index (χ0) is 21.9. The first-order valence-electron chi connectivity index (χ1n) is 10.8. The predicted octanol–water partition coefficient (Wildman–Crippen LogP) is 2.82. The van der Waals surface area contributed by atoms with Crippen LogP contribution in [0.15, 0.2) is 36.4 Å². The molecule has 2 amide bonds. The van der Waals surface area contributed by atoms with Crippen molar-refractivity contribution in [1.82, 2.24) is 4.90 Å². The SMILES string of the molecule is O=C(CCN1CCC(C(=O)Nc2ccc3c(c2)OCO3)CC1)Nc1ccc2c(c1)OCO2. The van der Waals surface area contributed by atoms with Gasteiger partial charge in [-0.15, -0.1) is 0 Å². The molecular weight excluding hydrogens is 414 g/mol. The Morgan fingerprint density at radius 3 is 2.00 bits per heavy atom. The summed E-state index contributed by atoms with van der Waals surface area (Å²) in [5.74, 6) is 2.60. The molecule has 32 heavy (non-hydrogen) atoms. The van der Waals surface area contributed by atoms with Crippen molar-refractivity contribution in [3.05, 3.63) is 36.4 Å². The largest absolute Gasteiger partial charge is 0.454 e. The number of piperidine rings is 1. The summed E-state index contributed by atoms with van der Waals surface area (Å²) in [4.78, 5) is 27.2. The number of nitrogens with zero attached hydrogens (tertiary/aromatic N) is 1. The smallest absolute Gasteiger partial charge is 0.231 e. The van der Waals surface area contributed by atoms with Crippen molar-refractivity contribution in [1.29, 1.82) is 0 Å². The Hall–Kier alpha value is -3.46. The third-order valence-electron chi connectivity index (χ3n) is 5.91. The van der Waals surface area contributed by atoms with E-state index in [1.807, 2.05) is 6.07 Å². The molecule has 9 heteroatoms. The van der Waals surface area contributed by atoms with Crippen molar-refractivity contribution in [2.24, 2.45) is 5.92 Å². The van der Waals surface area contributed by atoms with Gasteiger partial charge in [0, 0.05) is 42.4 Å². The molecule has 168 valence electrons. The molecule has 0 unspecified atom stereocenters. The molecular formula is C23H25N3O6. The Morgan fingerprint density at radius 2 is 1.38 bits per heavy atom. The fraction of sp³-hybridized carbons (Fsp3) is 0.391. The minimum absolute atomic E-state index is 0.0177. The molecule has 1 fully saturated rings. The van der Waals surface area contributed by atoms with Gasteiger partial charge in [-0.05, 0) is 50.2 Å². The van der Waals surface area contributed by atoms with Gasteiger partial charge >= 0.3 is 0 Å². The molecule has 0 radical (unpaired) electrons. The molecule has 1 saturated heterocycles. The Kier molecular flexibility index (Phi) is 5.72. The minimum atomic E-state index is -0.0495. The summed E-state index contributed by atoms with van der Waals surface area (Å²) in [6.07, 6.45) is 1.92. The van der Waals surface area contributed by atoms with E-state index in [9.17, 15) is 9.59 Å². The molecule has 2 N–H and O–H groups in total. The summed E-state index contributed by atoms with van der Waals surface area (Å²) in [5.41, 5.74) is 1.40. The number of hydrogen-bond acceptors (Lipinski definition) is 7. The van der Waals surface area contributed by atoms with Gasteiger partial charge in [-0.3, -0.25) is 9.59 Å². The topological polar surface area (TPSA) is 98.4 Å². The van der Waals surface area contributed by atoms with Gasteiger partial charge < -0.3 is 34.5 Å². The summed E-state index contributed by atoms with van der Waals surface area (Å²) in [6.45, 7) is 2.65. The highest BCUT2D eigenvalue weighted by molar-refractivity contribution is 5.93. The van der Waals surface area contributed by atoms with Crippen molar-refractivity contribution in [3.63, 3.8) is 0 Å². The van der Waals surface area contributed by atoms with Crippen LogP contribution >= 0.6 is 0 Å². The Balaban J connectivity index is 1.04. The lowest BCUT2D eigenvalue weighted by Crippen LogP contribution is -2.39. The van der Waals surface area contributed by atoms with E-state index >= 15 is 0 Å². The van der Waals surface area contributed by atoms with E-state index in [0.29, 0.717) is 47.3 Å². The third kappa shape index (κ3) is 4.57. The van der Waals surface area contributed by atoms with E-state index in [1.54, 1.807) is 30.3 Å². The van der Waals surface area contributed by atoms with Crippen LogP contribution in [-0.2, 0) is 9.59 Å². The number of amides is 2. The summed E-state index contributed by atoms with van der Waals surface area (Å²) in [7, 11) is 0. The zero-order valence-corrected chi connectivity index (χ0v) is 17.6. The summed E-state index contributed by atoms with van der Waals surface area (Å²) in [5, 5.41) is 5.87. The van der Waals surface area contributed by atoms with Gasteiger partial charge in [-0.25, -0.2) is 0 Å². The van der Waals surface area contributed by atoms with Crippen molar-refractivity contribution >= 4 is 23.2 Å². The lowest BCUT2D eigenvalue weighted by atomic mass is 9.95. The molecule has 0 bridgehead atoms. The fourth-order valence-corrected chi connectivity index (χ4v) is 4.09. The average molecular weight is 439 g/mol. The monoisotopic (exact) mass is 439 g/mol. The number of carbonyl (C=O) groups excluding carboxylic acids is 2. The van der Waals surface area contributed by atoms with E-state index in [2.05, 4.69) is 15.5 Å². The number of hydrogen-bond donors (Lipinski definition) is 2. The first-order valence-corrected chi connectivity index (χ1v) is 10.8. The maximum Gasteiger partial charge on any atom is 0.231 e. The van der Waals surface area contributed by atoms with E-state index in [4.69, 9.17) is 18.9 Å². The van der Waals surface area contributed by atoms with E-state index < -0.39 is 0 Å². The molecule has 0 atom stereocenters. The highest BCUT2D eigenvalue weighted by Gasteiger charge is 2.26. The Morgan fingerprint density at radius 1 is 0.812 bits per heavy atom. The van der Waals surface area contributed by atoms with Gasteiger partial charge in [0.2, 0.25) is 25.4 Å². The van der Waals surface area contributed by atoms with Crippen LogP contribution in [0.25, 0.3) is 0 Å². The number of carbonyl (C=O) groups is 2. The second kappa shape index (κ2) is 8.96. The summed E-state index contributed by atoms with van der Waals surface area (Å²) >= 11 is 0. The van der Waals surface area contributed by atoms with Crippen LogP contribution in [0.4, 0.5) is 11.4 Å². The molecule has 9 nitrogen and oxygen atoms in total. The van der Waals surface area contributed by atoms with E-state index in [0.717, 1.165) is 25.9 Å². The lowest BCUT2D eigenvalue weighted by molar-refractivity contribution is -0.121. The second-order valence-corrected chi connectivity index (χ2v) is 8.04. The number of benzene rings is 2. The van der Waals surface area contributed by atoms with Crippen molar-refractivity contribution < 1.29 is 28.5 Å². The van der Waals surface area contributed by atoms with Crippen LogP contribution in [-0.4, -0.2) is 49.9 Å². The molecule has 0 aromatic heterocycles. The van der Waals surface area contributed by atoms with Crippen LogP contribution in [0.1, 0.15) is 19.3 Å². The Bertz CT molecular complexity index is 1020. The highest BCUT2D eigenvalue weighted by atomic mass is 16.7. The molecule has 3 aliphatic rings. The quantitative estimate of drug-likeness (QED) is 0.714. The van der Waals surface area contributed by atoms with Gasteiger partial charge in [0.05, 0.1) is 0 Å². The molecule has 0 spiro atoms. The van der Waals surface area contributed by atoms with Gasteiger partial charge in [-0.2, -0.15) is 0 Å². The first kappa shape index (κ1) is 20.4. The molecule has 0 saturated carbocycles. The zero-order valence-electron chi connectivity index (χ0n) is 17.6. The number of likely N-dealkylation sites (tertiary alicyclic amines) is 1. The van der Waals surface area contributed by atoms with Crippen molar-refractivity contribution in [3.8, 4) is 23.0 Å². The first-order chi connectivity index (χ1) is 15.6. The number of anilines is 2. The van der Waals surface area contributed by atoms with Crippen LogP contribution < -0.4 is 29.6 Å². The molecule has 2 aromatic rings. The second-order valence-electron chi connectivity index (χ2n) is 8.04. The number of ether oxygens (including phenoxy) is 4. The molecule has 2 aromatic carbocycles. The van der Waals surface area contributed by atoms with Crippen molar-refractivity contribution in [2.75, 3.05) is 43.9 Å². The molecule has 0 aliphatic carbocycles. The van der Waals surface area contributed by atoms with E-state index in [-0.39, 0.29) is 31.3 Å². The van der Waals surface area contributed by atoms with Crippen LogP contribution in [0, 0.1) is 5.92 Å². The van der Waals surface area contributed by atoms with Crippen LogP contribution in [0.5, 0.6) is 23.0 Å². The molecule has 5 rings (SSSR count). The standard InChI is InChI=1S/C23H25N3O6/c27-22(24-16-1-3-18-20(11-16)31-13-29-18)7-10-26-8-5-15(6-9-26)23(28)25-17-2-4-19-21(12-17)32-14-30-19/h1-4,11-12,15H,5-10,13-14H2,(H,24,27)(H,25,28). The van der Waals surface area contributed by atoms with Gasteiger partial charge in [0.1, 0.15) is 0 Å². The van der Waals surface area contributed by atoms with Gasteiger partial charge in [0.15, 0.2) is 23.0 Å². The number of nitrogens with one attached hydrogen (secondary N) is 2. The maximum absolute atomic E-state index is 12.6. The lowest BCUT2D eigenvalue weighted by Gasteiger charge is -2.31. The normalized spacial score (nSPS) is 17.2. The maximum atomic E-state index is 12.6. The van der Waals surface area contributed by atoms with Crippen molar-refractivity contribution in [2.45, 2.75) is 19.3 Å². The van der Waals surface area contributed by atoms with Crippen LogP contribution in [0.2, 0.25) is 0 Å². The number of rotatable bonds is 6. The fourth-order valence-electron chi connectivity index (χ4n) is 4.09.